The molecule has 0 aromatic heterocycles. The molecule has 0 radical (unpaired) electrons. The Morgan fingerprint density at radius 2 is 1.70 bits per heavy atom. The van der Waals surface area contributed by atoms with Gasteiger partial charge in [0.05, 0.1) is 17.4 Å². The van der Waals surface area contributed by atoms with E-state index in [9.17, 15) is 19.5 Å². The average Bonchev–Trinajstić information content (AvgIpc) is 3.52. The van der Waals surface area contributed by atoms with E-state index in [-0.39, 0.29) is 30.2 Å². The zero-order valence-electron chi connectivity index (χ0n) is 27.1. The number of aliphatic hydroxyl groups excluding tert-OH is 1. The third kappa shape index (κ3) is 6.38. The molecule has 8 heteroatoms. The molecule has 2 bridgehead atoms. The first-order valence-corrected chi connectivity index (χ1v) is 16.6. The van der Waals surface area contributed by atoms with Crippen LogP contribution in [-0.4, -0.2) is 87.6 Å². The summed E-state index contributed by atoms with van der Waals surface area (Å²) in [5.74, 6) is -1.83. The number of carbonyl (C=O) groups is 3. The zero-order chi connectivity index (χ0) is 31.9. The number of amides is 3. The van der Waals surface area contributed by atoms with Crippen molar-refractivity contribution >= 4 is 17.7 Å². The highest BCUT2D eigenvalue weighted by atomic mass is 16.5. The molecule has 1 aromatic rings. The number of hydrogen-bond donors (Lipinski definition) is 1. The number of unbranched alkanes of at least 4 members (excludes halogenated alkanes) is 5. The highest BCUT2D eigenvalue weighted by Crippen LogP contribution is 2.65. The maximum atomic E-state index is 14.6. The smallest absolute Gasteiger partial charge is 0.248 e. The second-order valence-corrected chi connectivity index (χ2v) is 13.1. The van der Waals surface area contributed by atoms with Gasteiger partial charge < -0.3 is 24.5 Å². The van der Waals surface area contributed by atoms with Crippen LogP contribution in [0.25, 0.3) is 0 Å². The van der Waals surface area contributed by atoms with Crippen molar-refractivity contribution in [2.24, 2.45) is 17.8 Å². The summed E-state index contributed by atoms with van der Waals surface area (Å²) < 4.78 is 6.99. The summed E-state index contributed by atoms with van der Waals surface area (Å²) in [5, 5.41) is 9.24. The van der Waals surface area contributed by atoms with Crippen LogP contribution in [0, 0.1) is 17.8 Å². The van der Waals surface area contributed by atoms with E-state index in [0.29, 0.717) is 45.6 Å². The molecule has 3 unspecified atom stereocenters. The molecule has 44 heavy (non-hydrogen) atoms. The Morgan fingerprint density at radius 3 is 2.36 bits per heavy atom. The van der Waals surface area contributed by atoms with E-state index >= 15 is 0 Å². The Hall–Kier alpha value is -2.97. The molecular weight excluding hydrogens is 554 g/mol. The highest BCUT2D eigenvalue weighted by molar-refractivity contribution is 5.99. The first kappa shape index (κ1) is 33.9. The fraction of sp³-hybridized carbons (Fsp3) is 0.639. The molecule has 3 heterocycles. The van der Waals surface area contributed by atoms with Crippen LogP contribution >= 0.6 is 0 Å². The van der Waals surface area contributed by atoms with Crippen LogP contribution in [0.2, 0.25) is 0 Å². The van der Waals surface area contributed by atoms with Gasteiger partial charge in [-0.2, -0.15) is 0 Å². The fourth-order valence-corrected chi connectivity index (χ4v) is 7.94. The van der Waals surface area contributed by atoms with Gasteiger partial charge in [0.1, 0.15) is 11.6 Å². The lowest BCUT2D eigenvalue weighted by atomic mass is 9.62. The van der Waals surface area contributed by atoms with Gasteiger partial charge in [-0.3, -0.25) is 14.4 Å². The normalized spacial score (nSPS) is 28.6. The first-order chi connectivity index (χ1) is 21.2. The van der Waals surface area contributed by atoms with Gasteiger partial charge in [-0.25, -0.2) is 0 Å². The number of rotatable bonds is 18. The van der Waals surface area contributed by atoms with Gasteiger partial charge in [0, 0.05) is 39.3 Å². The van der Waals surface area contributed by atoms with E-state index in [1.165, 1.54) is 0 Å². The lowest BCUT2D eigenvalue weighted by Crippen LogP contribution is -2.57. The summed E-state index contributed by atoms with van der Waals surface area (Å²) in [6, 6.07) is 9.05. The lowest BCUT2D eigenvalue weighted by Gasteiger charge is -2.39. The van der Waals surface area contributed by atoms with Crippen molar-refractivity contribution in [1.29, 1.82) is 0 Å². The predicted octanol–water partition coefficient (Wildman–Crippen LogP) is 4.97. The Bertz CT molecular complexity index is 1170. The monoisotopic (exact) mass is 607 g/mol. The van der Waals surface area contributed by atoms with Gasteiger partial charge in [0.25, 0.3) is 0 Å². The van der Waals surface area contributed by atoms with Crippen molar-refractivity contribution < 1.29 is 24.2 Å². The second kappa shape index (κ2) is 14.9. The molecule has 0 saturated carbocycles. The predicted molar refractivity (Wildman–Crippen MR) is 172 cm³/mol. The van der Waals surface area contributed by atoms with Crippen molar-refractivity contribution in [2.75, 3.05) is 32.8 Å². The fourth-order valence-electron chi connectivity index (χ4n) is 7.94. The molecule has 3 amide bonds. The minimum atomic E-state index is -1.06. The van der Waals surface area contributed by atoms with E-state index < -0.39 is 29.1 Å². The SMILES string of the molecule is C=CCN(CCCCC)C(=O)C1N(CCCCCCO)C(=O)[C@@H]2[C@@H](C(=O)N(CC=C)Cc3ccccc3)[C@]3(C)OC12CC3C. The van der Waals surface area contributed by atoms with Crippen molar-refractivity contribution in [1.82, 2.24) is 14.7 Å². The minimum Gasteiger partial charge on any atom is -0.396 e. The molecule has 8 nitrogen and oxygen atoms in total. The number of carbonyl (C=O) groups excluding carboxylic acids is 3. The van der Waals surface area contributed by atoms with Crippen LogP contribution in [0.4, 0.5) is 0 Å². The van der Waals surface area contributed by atoms with Crippen molar-refractivity contribution in [3.8, 4) is 0 Å². The average molecular weight is 608 g/mol. The number of fused-ring (bicyclic) bond motifs is 1. The van der Waals surface area contributed by atoms with Gasteiger partial charge in [-0.05, 0) is 44.1 Å². The maximum Gasteiger partial charge on any atom is 0.248 e. The molecule has 1 aromatic carbocycles. The van der Waals surface area contributed by atoms with E-state index in [0.717, 1.165) is 44.1 Å². The van der Waals surface area contributed by atoms with Gasteiger partial charge in [-0.1, -0.05) is 82.0 Å². The Kier molecular flexibility index (Phi) is 11.5. The van der Waals surface area contributed by atoms with Crippen LogP contribution in [0.3, 0.4) is 0 Å². The number of nitrogens with zero attached hydrogens (tertiary/aromatic N) is 3. The van der Waals surface area contributed by atoms with E-state index in [1.54, 1.807) is 22.0 Å². The van der Waals surface area contributed by atoms with E-state index in [2.05, 4.69) is 27.0 Å². The van der Waals surface area contributed by atoms with Crippen LogP contribution in [0.5, 0.6) is 0 Å². The maximum absolute atomic E-state index is 14.6. The molecule has 0 aliphatic carbocycles. The molecule has 3 saturated heterocycles. The van der Waals surface area contributed by atoms with Gasteiger partial charge in [0.15, 0.2) is 0 Å². The van der Waals surface area contributed by atoms with Gasteiger partial charge >= 0.3 is 0 Å². The first-order valence-electron chi connectivity index (χ1n) is 16.6. The van der Waals surface area contributed by atoms with Gasteiger partial charge in [-0.15, -0.1) is 13.2 Å². The highest BCUT2D eigenvalue weighted by Gasteiger charge is 2.80. The van der Waals surface area contributed by atoms with Crippen LogP contribution < -0.4 is 0 Å². The van der Waals surface area contributed by atoms with E-state index in [4.69, 9.17) is 4.74 Å². The van der Waals surface area contributed by atoms with Crippen LogP contribution in [-0.2, 0) is 25.7 Å². The number of aliphatic hydroxyl groups is 1. The summed E-state index contributed by atoms with van der Waals surface area (Å²) in [5.41, 5.74) is -0.933. The Balaban J connectivity index is 1.72. The summed E-state index contributed by atoms with van der Waals surface area (Å²) in [7, 11) is 0. The minimum absolute atomic E-state index is 0.0180. The zero-order valence-corrected chi connectivity index (χ0v) is 27.1. The largest absolute Gasteiger partial charge is 0.396 e. The number of benzene rings is 1. The lowest BCUT2D eigenvalue weighted by molar-refractivity contribution is -0.155. The molecule has 1 spiro atoms. The van der Waals surface area contributed by atoms with Crippen LogP contribution in [0.1, 0.15) is 77.7 Å². The summed E-state index contributed by atoms with van der Waals surface area (Å²) >= 11 is 0. The Labute approximate surface area is 264 Å². The van der Waals surface area contributed by atoms with Crippen molar-refractivity contribution in [2.45, 2.75) is 95.9 Å². The molecule has 6 atom stereocenters. The van der Waals surface area contributed by atoms with E-state index in [1.807, 2.05) is 42.2 Å². The van der Waals surface area contributed by atoms with Crippen LogP contribution in [0.15, 0.2) is 55.6 Å². The molecule has 1 N–H and O–H groups in total. The summed E-state index contributed by atoms with van der Waals surface area (Å²) in [4.78, 5) is 49.1. The molecule has 242 valence electrons. The third-order valence-corrected chi connectivity index (χ3v) is 10.2. The molecule has 3 aliphatic heterocycles. The molecule has 3 aliphatic rings. The standard InChI is InChI=1S/C36H53N3O5/c1-6-9-15-22-37(20-7-2)34(43)31-36-25-27(4)35(5,44-36)29(30(36)33(42)39(31)23-16-10-11-17-24-40)32(41)38(21-8-3)26-28-18-13-12-14-19-28/h7-8,12-14,18-19,27,29-31,40H,2-3,6,9-11,15-17,20-26H2,1,4-5H3/t27?,29-,30-,31?,35+,36?/m0/s1. The molecular formula is C36H53N3O5. The number of ether oxygens (including phenoxy) is 1. The topological polar surface area (TPSA) is 90.4 Å². The van der Waals surface area contributed by atoms with Crippen molar-refractivity contribution in [3.05, 3.63) is 61.2 Å². The van der Waals surface area contributed by atoms with Gasteiger partial charge in [0.2, 0.25) is 17.7 Å². The quantitative estimate of drug-likeness (QED) is 0.188. The second-order valence-electron chi connectivity index (χ2n) is 13.1. The number of hydrogen-bond acceptors (Lipinski definition) is 5. The third-order valence-electron chi connectivity index (χ3n) is 10.2. The molecule has 4 rings (SSSR count). The Morgan fingerprint density at radius 1 is 1.02 bits per heavy atom. The van der Waals surface area contributed by atoms with Crippen molar-refractivity contribution in [3.63, 3.8) is 0 Å². The molecule has 3 fully saturated rings. The summed E-state index contributed by atoms with van der Waals surface area (Å²) in [6.07, 6.45) is 10.1. The number of likely N-dealkylation sites (tertiary alicyclic amines) is 1. The summed E-state index contributed by atoms with van der Waals surface area (Å²) in [6.45, 7) is 16.3.